The van der Waals surface area contributed by atoms with Crippen molar-refractivity contribution in [2.75, 3.05) is 26.0 Å². The molecule has 0 fully saturated rings. The number of thioether (sulfide) groups is 1. The number of hydrogen-bond acceptors (Lipinski definition) is 6. The molecule has 28 heavy (non-hydrogen) atoms. The van der Waals surface area contributed by atoms with Gasteiger partial charge in [0.05, 0.1) is 36.1 Å². The number of rotatable bonds is 9. The van der Waals surface area contributed by atoms with Gasteiger partial charge in [0, 0.05) is 0 Å². The first-order chi connectivity index (χ1) is 13.7. The molecule has 0 aliphatic carbocycles. The van der Waals surface area contributed by atoms with Gasteiger partial charge in [0.2, 0.25) is 5.91 Å². The van der Waals surface area contributed by atoms with Gasteiger partial charge < -0.3 is 19.8 Å². The Bertz CT molecular complexity index is 1010. The van der Waals surface area contributed by atoms with E-state index in [-0.39, 0.29) is 17.2 Å². The van der Waals surface area contributed by atoms with Crippen LogP contribution in [0.2, 0.25) is 0 Å². The Kier molecular flexibility index (Phi) is 6.91. The fourth-order valence-electron chi connectivity index (χ4n) is 2.58. The largest absolute Gasteiger partial charge is 0.493 e. The van der Waals surface area contributed by atoms with Crippen molar-refractivity contribution in [3.63, 3.8) is 0 Å². The summed E-state index contributed by atoms with van der Waals surface area (Å²) in [5.74, 6) is 2.47. The summed E-state index contributed by atoms with van der Waals surface area (Å²) in [5, 5.41) is 3.36. The lowest BCUT2D eigenvalue weighted by Gasteiger charge is -2.10. The first kappa shape index (κ1) is 19.8. The molecule has 146 valence electrons. The van der Waals surface area contributed by atoms with Crippen LogP contribution in [0.15, 0.2) is 53.3 Å². The highest BCUT2D eigenvalue weighted by Gasteiger charge is 2.06. The van der Waals surface area contributed by atoms with Gasteiger partial charge in [0.15, 0.2) is 11.5 Å². The Morgan fingerprint density at radius 2 is 1.89 bits per heavy atom. The molecule has 7 nitrogen and oxygen atoms in total. The summed E-state index contributed by atoms with van der Waals surface area (Å²) in [5.41, 5.74) is 0.485. The predicted octanol–water partition coefficient (Wildman–Crippen LogP) is 2.36. The van der Waals surface area contributed by atoms with Crippen molar-refractivity contribution >= 4 is 28.6 Å². The van der Waals surface area contributed by atoms with E-state index in [0.717, 1.165) is 0 Å². The molecular weight excluding hydrogens is 378 g/mol. The van der Waals surface area contributed by atoms with Crippen molar-refractivity contribution < 1.29 is 14.3 Å². The zero-order valence-corrected chi connectivity index (χ0v) is 16.3. The fraction of sp³-hybridized carbons (Fsp3) is 0.250. The maximum atomic E-state index is 12.0. The van der Waals surface area contributed by atoms with E-state index in [2.05, 4.69) is 15.3 Å². The maximum absolute atomic E-state index is 12.0. The van der Waals surface area contributed by atoms with Crippen LogP contribution in [0.25, 0.3) is 10.9 Å². The zero-order valence-electron chi connectivity index (χ0n) is 15.4. The van der Waals surface area contributed by atoms with E-state index in [9.17, 15) is 9.59 Å². The van der Waals surface area contributed by atoms with Crippen LogP contribution in [0.5, 0.6) is 11.5 Å². The lowest BCUT2D eigenvalue weighted by molar-refractivity contribution is -0.118. The van der Waals surface area contributed by atoms with Gasteiger partial charge in [-0.15, -0.1) is 11.8 Å². The first-order valence-corrected chi connectivity index (χ1v) is 9.91. The normalized spacial score (nSPS) is 10.6. The van der Waals surface area contributed by atoms with Crippen LogP contribution in [0.3, 0.4) is 0 Å². The second-order valence-corrected chi connectivity index (χ2v) is 6.86. The van der Waals surface area contributed by atoms with Gasteiger partial charge in [-0.25, -0.2) is 4.98 Å². The van der Waals surface area contributed by atoms with E-state index >= 15 is 0 Å². The summed E-state index contributed by atoms with van der Waals surface area (Å²) in [4.78, 5) is 31.1. The third-order valence-corrected chi connectivity index (χ3v) is 4.83. The minimum absolute atomic E-state index is 0.100. The highest BCUT2D eigenvalue weighted by atomic mass is 32.2. The van der Waals surface area contributed by atoms with Crippen molar-refractivity contribution in [1.82, 2.24) is 15.3 Å². The van der Waals surface area contributed by atoms with E-state index in [4.69, 9.17) is 9.47 Å². The number of para-hydroxylation sites is 3. The van der Waals surface area contributed by atoms with E-state index < -0.39 is 0 Å². The number of carbonyl (C=O) groups is 1. The van der Waals surface area contributed by atoms with Crippen LogP contribution in [0.1, 0.15) is 5.82 Å². The Labute approximate surface area is 166 Å². The molecule has 1 heterocycles. The van der Waals surface area contributed by atoms with Gasteiger partial charge in [-0.2, -0.15) is 0 Å². The number of ether oxygens (including phenoxy) is 2. The highest BCUT2D eigenvalue weighted by Crippen LogP contribution is 2.25. The Morgan fingerprint density at radius 3 is 2.71 bits per heavy atom. The number of aromatic nitrogens is 2. The van der Waals surface area contributed by atoms with Gasteiger partial charge >= 0.3 is 0 Å². The number of benzene rings is 2. The molecule has 0 radical (unpaired) electrons. The molecule has 0 saturated carbocycles. The third-order valence-electron chi connectivity index (χ3n) is 3.88. The van der Waals surface area contributed by atoms with Crippen LogP contribution >= 0.6 is 11.8 Å². The summed E-state index contributed by atoms with van der Waals surface area (Å²) >= 11 is 1.39. The minimum Gasteiger partial charge on any atom is -0.493 e. The zero-order chi connectivity index (χ0) is 19.8. The number of amides is 1. The number of methoxy groups -OCH3 is 1. The molecule has 2 aromatic carbocycles. The first-order valence-electron chi connectivity index (χ1n) is 8.75. The number of nitrogens with zero attached hydrogens (tertiary/aromatic N) is 1. The van der Waals surface area contributed by atoms with Crippen molar-refractivity contribution in [3.8, 4) is 11.5 Å². The summed E-state index contributed by atoms with van der Waals surface area (Å²) in [6.45, 7) is 0.735. The van der Waals surface area contributed by atoms with Gasteiger partial charge in [0.1, 0.15) is 12.4 Å². The minimum atomic E-state index is -0.167. The Balaban J connectivity index is 1.40. The summed E-state index contributed by atoms with van der Waals surface area (Å²) in [6, 6.07) is 14.5. The molecule has 0 bridgehead atoms. The number of nitrogens with one attached hydrogen (secondary N) is 2. The quantitative estimate of drug-likeness (QED) is 0.537. The average molecular weight is 399 g/mol. The molecule has 0 atom stereocenters. The molecule has 3 rings (SSSR count). The van der Waals surface area contributed by atoms with Crippen molar-refractivity contribution in [2.24, 2.45) is 0 Å². The van der Waals surface area contributed by atoms with Gasteiger partial charge in [-0.1, -0.05) is 24.3 Å². The lowest BCUT2D eigenvalue weighted by atomic mass is 10.2. The van der Waals surface area contributed by atoms with Crippen LogP contribution < -0.4 is 20.3 Å². The fourth-order valence-corrected chi connectivity index (χ4v) is 3.30. The van der Waals surface area contributed by atoms with E-state index in [1.165, 1.54) is 11.8 Å². The van der Waals surface area contributed by atoms with E-state index in [1.807, 2.05) is 30.3 Å². The number of H-pyrrole nitrogens is 1. The molecule has 1 aromatic heterocycles. The lowest BCUT2D eigenvalue weighted by Crippen LogP contribution is -2.29. The Hall–Kier alpha value is -3.00. The molecule has 0 unspecified atom stereocenters. The molecular formula is C20H21N3O4S. The summed E-state index contributed by atoms with van der Waals surface area (Å²) in [7, 11) is 1.58. The number of fused-ring (bicyclic) bond motifs is 1. The maximum Gasteiger partial charge on any atom is 0.258 e. The van der Waals surface area contributed by atoms with Crippen molar-refractivity contribution in [2.45, 2.75) is 5.75 Å². The van der Waals surface area contributed by atoms with Gasteiger partial charge in [-0.05, 0) is 24.3 Å². The van der Waals surface area contributed by atoms with Crippen LogP contribution in [0, 0.1) is 0 Å². The van der Waals surface area contributed by atoms with Crippen LogP contribution in [-0.4, -0.2) is 41.9 Å². The third kappa shape index (κ3) is 5.26. The van der Waals surface area contributed by atoms with Crippen LogP contribution in [-0.2, 0) is 10.5 Å². The number of carbonyl (C=O) groups excluding carboxylic acids is 1. The highest BCUT2D eigenvalue weighted by molar-refractivity contribution is 7.99. The molecule has 0 spiro atoms. The standard InChI is InChI=1S/C20H21N3O4S/c1-26-16-8-4-5-9-17(16)27-11-10-21-19(24)13-28-12-18-22-15-7-3-2-6-14(15)20(25)23-18/h2-9H,10-13H2,1H3,(H,21,24)(H,22,23,25). The molecule has 0 aliphatic rings. The van der Waals surface area contributed by atoms with E-state index in [1.54, 1.807) is 25.3 Å². The second kappa shape index (κ2) is 9.80. The van der Waals surface area contributed by atoms with Crippen molar-refractivity contribution in [3.05, 3.63) is 64.7 Å². The Morgan fingerprint density at radius 1 is 1.14 bits per heavy atom. The van der Waals surface area contributed by atoms with Crippen molar-refractivity contribution in [1.29, 1.82) is 0 Å². The van der Waals surface area contributed by atoms with E-state index in [0.29, 0.717) is 47.1 Å². The molecule has 2 N–H and O–H groups in total. The monoisotopic (exact) mass is 399 g/mol. The predicted molar refractivity (Wildman–Crippen MR) is 110 cm³/mol. The summed E-state index contributed by atoms with van der Waals surface area (Å²) < 4.78 is 10.8. The van der Waals surface area contributed by atoms with Gasteiger partial charge in [0.25, 0.3) is 5.56 Å². The molecule has 3 aromatic rings. The molecule has 0 saturated heterocycles. The summed E-state index contributed by atoms with van der Waals surface area (Å²) in [6.07, 6.45) is 0. The molecule has 8 heteroatoms. The second-order valence-electron chi connectivity index (χ2n) is 5.87. The topological polar surface area (TPSA) is 93.3 Å². The molecule has 1 amide bonds. The number of hydrogen-bond donors (Lipinski definition) is 2. The van der Waals surface area contributed by atoms with Gasteiger partial charge in [-0.3, -0.25) is 9.59 Å². The average Bonchev–Trinajstić information content (AvgIpc) is 2.71. The number of aromatic amines is 1. The smallest absolute Gasteiger partial charge is 0.258 e. The SMILES string of the molecule is COc1ccccc1OCCNC(=O)CSCc1nc2ccccc2c(=O)[nH]1. The van der Waals surface area contributed by atoms with Crippen LogP contribution in [0.4, 0.5) is 0 Å². The molecule has 0 aliphatic heterocycles.